The Balaban J connectivity index is 1.74. The molecule has 104 valence electrons. The van der Waals surface area contributed by atoms with E-state index in [0.717, 1.165) is 18.4 Å². The van der Waals surface area contributed by atoms with Crippen LogP contribution >= 0.6 is 11.8 Å². The molecule has 2 aromatic rings. The normalized spacial score (nSPS) is 18.8. The molecule has 1 N–H and O–H groups in total. The third-order valence-corrected chi connectivity index (χ3v) is 5.34. The topological polar surface area (TPSA) is 12.0 Å². The summed E-state index contributed by atoms with van der Waals surface area (Å²) in [7, 11) is 1.97. The Labute approximate surface area is 123 Å². The SMILES string of the molecule is CNC(Cc1ccccc1F)C1Cc2ccccc2S1. The van der Waals surface area contributed by atoms with Gasteiger partial charge in [0.1, 0.15) is 5.82 Å². The smallest absolute Gasteiger partial charge is 0.126 e. The van der Waals surface area contributed by atoms with E-state index in [-0.39, 0.29) is 11.9 Å². The van der Waals surface area contributed by atoms with Gasteiger partial charge in [0.2, 0.25) is 0 Å². The average Bonchev–Trinajstić information content (AvgIpc) is 2.90. The quantitative estimate of drug-likeness (QED) is 0.921. The van der Waals surface area contributed by atoms with Gasteiger partial charge in [0, 0.05) is 16.2 Å². The standard InChI is InChI=1S/C17H18FNS/c1-19-15(10-12-6-2-4-8-14(12)18)17-11-13-7-3-5-9-16(13)20-17/h2-9,15,17,19H,10-11H2,1H3. The summed E-state index contributed by atoms with van der Waals surface area (Å²) in [6.07, 6.45) is 1.79. The van der Waals surface area contributed by atoms with Gasteiger partial charge in [-0.25, -0.2) is 4.39 Å². The van der Waals surface area contributed by atoms with Crippen LogP contribution in [-0.4, -0.2) is 18.3 Å². The Morgan fingerprint density at radius 3 is 2.70 bits per heavy atom. The third kappa shape index (κ3) is 2.74. The molecule has 2 aromatic carbocycles. The molecule has 0 saturated carbocycles. The van der Waals surface area contributed by atoms with Crippen LogP contribution in [0.3, 0.4) is 0 Å². The minimum absolute atomic E-state index is 0.103. The zero-order chi connectivity index (χ0) is 13.9. The molecule has 3 heteroatoms. The maximum absolute atomic E-state index is 13.8. The number of hydrogen-bond acceptors (Lipinski definition) is 2. The van der Waals surface area contributed by atoms with Gasteiger partial charge in [-0.15, -0.1) is 11.8 Å². The van der Waals surface area contributed by atoms with E-state index >= 15 is 0 Å². The van der Waals surface area contributed by atoms with Crippen molar-refractivity contribution < 1.29 is 4.39 Å². The van der Waals surface area contributed by atoms with E-state index in [4.69, 9.17) is 0 Å². The van der Waals surface area contributed by atoms with Crippen LogP contribution in [0.15, 0.2) is 53.4 Å². The summed E-state index contributed by atoms with van der Waals surface area (Å²) in [4.78, 5) is 1.37. The molecule has 20 heavy (non-hydrogen) atoms. The largest absolute Gasteiger partial charge is 0.316 e. The van der Waals surface area contributed by atoms with E-state index in [9.17, 15) is 4.39 Å². The summed E-state index contributed by atoms with van der Waals surface area (Å²) >= 11 is 1.91. The molecule has 3 rings (SSSR count). The summed E-state index contributed by atoms with van der Waals surface area (Å²) in [5.41, 5.74) is 2.21. The second-order valence-corrected chi connectivity index (χ2v) is 6.44. The Kier molecular flexibility index (Phi) is 4.08. The first kappa shape index (κ1) is 13.7. The van der Waals surface area contributed by atoms with Gasteiger partial charge in [-0.1, -0.05) is 36.4 Å². The van der Waals surface area contributed by atoms with Gasteiger partial charge in [0.05, 0.1) is 0 Å². The Bertz CT molecular complexity index is 574. The fraction of sp³-hybridized carbons (Fsp3) is 0.294. The minimum atomic E-state index is -0.103. The van der Waals surface area contributed by atoms with Crippen LogP contribution in [0.2, 0.25) is 0 Å². The van der Waals surface area contributed by atoms with Crippen LogP contribution in [0, 0.1) is 5.82 Å². The third-order valence-electron chi connectivity index (χ3n) is 3.89. The molecule has 0 radical (unpaired) electrons. The van der Waals surface area contributed by atoms with Crippen molar-refractivity contribution in [2.24, 2.45) is 0 Å². The van der Waals surface area contributed by atoms with Crippen molar-refractivity contribution in [3.05, 3.63) is 65.5 Å². The van der Waals surface area contributed by atoms with Gasteiger partial charge in [-0.05, 0) is 43.1 Å². The average molecular weight is 287 g/mol. The maximum Gasteiger partial charge on any atom is 0.126 e. The van der Waals surface area contributed by atoms with Crippen molar-refractivity contribution in [1.82, 2.24) is 5.32 Å². The van der Waals surface area contributed by atoms with Crippen molar-refractivity contribution in [2.45, 2.75) is 29.0 Å². The van der Waals surface area contributed by atoms with E-state index in [2.05, 4.69) is 29.6 Å². The van der Waals surface area contributed by atoms with Gasteiger partial charge >= 0.3 is 0 Å². The molecule has 1 nitrogen and oxygen atoms in total. The number of fused-ring (bicyclic) bond motifs is 1. The van der Waals surface area contributed by atoms with E-state index < -0.39 is 0 Å². The van der Waals surface area contributed by atoms with Crippen LogP contribution in [-0.2, 0) is 12.8 Å². The molecule has 0 fully saturated rings. The molecule has 1 aliphatic heterocycles. The first-order valence-electron chi connectivity index (χ1n) is 6.93. The number of halogens is 1. The Hall–Kier alpha value is -1.32. The second-order valence-electron chi connectivity index (χ2n) is 5.16. The molecule has 0 spiro atoms. The van der Waals surface area contributed by atoms with Gasteiger partial charge in [-0.2, -0.15) is 0 Å². The number of benzene rings is 2. The van der Waals surface area contributed by atoms with E-state index in [1.165, 1.54) is 10.5 Å². The van der Waals surface area contributed by atoms with Crippen molar-refractivity contribution in [1.29, 1.82) is 0 Å². The highest BCUT2D eigenvalue weighted by molar-refractivity contribution is 8.00. The van der Waals surface area contributed by atoms with Crippen LogP contribution < -0.4 is 5.32 Å². The van der Waals surface area contributed by atoms with E-state index in [0.29, 0.717) is 5.25 Å². The Morgan fingerprint density at radius 1 is 1.20 bits per heavy atom. The van der Waals surface area contributed by atoms with Crippen molar-refractivity contribution in [3.8, 4) is 0 Å². The first-order valence-corrected chi connectivity index (χ1v) is 7.81. The lowest BCUT2D eigenvalue weighted by molar-refractivity contribution is 0.518. The predicted octanol–water partition coefficient (Wildman–Crippen LogP) is 3.67. The highest BCUT2D eigenvalue weighted by atomic mass is 32.2. The van der Waals surface area contributed by atoms with Crippen molar-refractivity contribution in [3.63, 3.8) is 0 Å². The maximum atomic E-state index is 13.8. The zero-order valence-electron chi connectivity index (χ0n) is 11.5. The van der Waals surface area contributed by atoms with Crippen molar-refractivity contribution in [2.75, 3.05) is 7.05 Å². The fourth-order valence-corrected chi connectivity index (χ4v) is 4.20. The number of thioether (sulfide) groups is 1. The summed E-state index contributed by atoms with van der Waals surface area (Å²) in [5.74, 6) is -0.103. The lowest BCUT2D eigenvalue weighted by Gasteiger charge is -2.22. The number of rotatable bonds is 4. The number of likely N-dealkylation sites (N-methyl/N-ethyl adjacent to an activating group) is 1. The minimum Gasteiger partial charge on any atom is -0.316 e. The van der Waals surface area contributed by atoms with Gasteiger partial charge in [0.25, 0.3) is 0 Å². The molecule has 2 atom stereocenters. The van der Waals surface area contributed by atoms with Gasteiger partial charge in [0.15, 0.2) is 0 Å². The van der Waals surface area contributed by atoms with Crippen LogP contribution in [0.4, 0.5) is 4.39 Å². The second kappa shape index (κ2) is 5.98. The van der Waals surface area contributed by atoms with Gasteiger partial charge in [-0.3, -0.25) is 0 Å². The number of hydrogen-bond donors (Lipinski definition) is 1. The van der Waals surface area contributed by atoms with Crippen molar-refractivity contribution >= 4 is 11.8 Å². The predicted molar refractivity (Wildman–Crippen MR) is 82.7 cm³/mol. The molecule has 1 aliphatic rings. The van der Waals surface area contributed by atoms with Gasteiger partial charge < -0.3 is 5.32 Å². The Morgan fingerprint density at radius 2 is 1.95 bits per heavy atom. The molecule has 1 heterocycles. The molecular formula is C17H18FNS. The van der Waals surface area contributed by atoms with E-state index in [1.807, 2.05) is 30.9 Å². The van der Waals surface area contributed by atoms with Crippen LogP contribution in [0.25, 0.3) is 0 Å². The molecule has 0 saturated heterocycles. The first-order chi connectivity index (χ1) is 9.78. The highest BCUT2D eigenvalue weighted by Crippen LogP contribution is 2.38. The zero-order valence-corrected chi connectivity index (χ0v) is 12.3. The summed E-state index contributed by atoms with van der Waals surface area (Å²) in [6.45, 7) is 0. The van der Waals surface area contributed by atoms with E-state index in [1.54, 1.807) is 12.1 Å². The molecule has 0 aliphatic carbocycles. The molecule has 0 aromatic heterocycles. The fourth-order valence-electron chi connectivity index (χ4n) is 2.75. The summed E-state index contributed by atoms with van der Waals surface area (Å²) in [5, 5.41) is 3.84. The van der Waals surface area contributed by atoms with Crippen LogP contribution in [0.5, 0.6) is 0 Å². The molecule has 2 unspecified atom stereocenters. The number of nitrogens with one attached hydrogen (secondary N) is 1. The molecule has 0 amide bonds. The lowest BCUT2D eigenvalue weighted by atomic mass is 9.98. The summed E-state index contributed by atoms with van der Waals surface area (Å²) < 4.78 is 13.8. The molecular weight excluding hydrogens is 269 g/mol. The highest BCUT2D eigenvalue weighted by Gasteiger charge is 2.28. The van der Waals surface area contributed by atoms with Crippen LogP contribution in [0.1, 0.15) is 11.1 Å². The summed E-state index contributed by atoms with van der Waals surface area (Å²) in [6, 6.07) is 15.9. The monoisotopic (exact) mass is 287 g/mol. The lowest BCUT2D eigenvalue weighted by Crippen LogP contribution is -2.37. The molecule has 0 bridgehead atoms.